The van der Waals surface area contributed by atoms with Gasteiger partial charge in [-0.1, -0.05) is 15.9 Å². The Hall–Kier alpha value is -0.450. The van der Waals surface area contributed by atoms with Crippen LogP contribution in [0.4, 0.5) is 4.39 Å². The van der Waals surface area contributed by atoms with Gasteiger partial charge in [-0.15, -0.1) is 0 Å². The Balaban J connectivity index is 2.23. The van der Waals surface area contributed by atoms with Crippen molar-refractivity contribution in [3.63, 3.8) is 0 Å². The van der Waals surface area contributed by atoms with Gasteiger partial charge in [-0.05, 0) is 37.6 Å². The Morgan fingerprint density at radius 2 is 2.33 bits per heavy atom. The van der Waals surface area contributed by atoms with E-state index in [1.54, 1.807) is 12.1 Å². The van der Waals surface area contributed by atoms with Gasteiger partial charge < -0.3 is 10.4 Å². The Morgan fingerprint density at radius 3 is 3.00 bits per heavy atom. The molecule has 0 amide bonds. The van der Waals surface area contributed by atoms with Crippen molar-refractivity contribution in [2.45, 2.75) is 25.0 Å². The molecule has 0 bridgehead atoms. The Kier molecular flexibility index (Phi) is 3.38. The molecule has 1 fully saturated rings. The normalized spacial score (nSPS) is 23.0. The number of rotatable bonds is 2. The smallest absolute Gasteiger partial charge is 0.129 e. The monoisotopic (exact) mass is 273 g/mol. The van der Waals surface area contributed by atoms with Crippen molar-refractivity contribution in [1.29, 1.82) is 0 Å². The topological polar surface area (TPSA) is 32.3 Å². The third-order valence-electron chi connectivity index (χ3n) is 2.76. The third-order valence-corrected chi connectivity index (χ3v) is 3.25. The molecule has 0 aliphatic carbocycles. The van der Waals surface area contributed by atoms with E-state index in [4.69, 9.17) is 0 Å². The summed E-state index contributed by atoms with van der Waals surface area (Å²) in [7, 11) is 0. The zero-order chi connectivity index (χ0) is 10.8. The second-order valence-corrected chi connectivity index (χ2v) is 4.73. The van der Waals surface area contributed by atoms with E-state index in [0.717, 1.165) is 23.9 Å². The molecule has 15 heavy (non-hydrogen) atoms. The van der Waals surface area contributed by atoms with Crippen molar-refractivity contribution in [2.75, 3.05) is 6.54 Å². The number of hydrogen-bond donors (Lipinski definition) is 2. The highest BCUT2D eigenvalue weighted by Gasteiger charge is 2.26. The largest absolute Gasteiger partial charge is 0.387 e. The summed E-state index contributed by atoms with van der Waals surface area (Å²) in [6, 6.07) is 4.62. The average Bonchev–Trinajstić information content (AvgIpc) is 2.74. The minimum absolute atomic E-state index is 0.0196. The lowest BCUT2D eigenvalue weighted by molar-refractivity contribution is 0.133. The molecular formula is C11H13BrFNO. The first-order valence-corrected chi connectivity index (χ1v) is 5.84. The second-order valence-electron chi connectivity index (χ2n) is 3.81. The van der Waals surface area contributed by atoms with Gasteiger partial charge in [0.05, 0.1) is 6.10 Å². The number of nitrogens with one attached hydrogen (secondary N) is 1. The summed E-state index contributed by atoms with van der Waals surface area (Å²) in [6.07, 6.45) is 1.18. The van der Waals surface area contributed by atoms with Crippen molar-refractivity contribution < 1.29 is 9.50 Å². The average molecular weight is 274 g/mol. The first-order valence-electron chi connectivity index (χ1n) is 5.05. The van der Waals surface area contributed by atoms with E-state index in [1.807, 2.05) is 0 Å². The Morgan fingerprint density at radius 1 is 1.53 bits per heavy atom. The minimum atomic E-state index is -0.759. The maximum atomic E-state index is 13.5. The van der Waals surface area contributed by atoms with Gasteiger partial charge in [-0.2, -0.15) is 0 Å². The number of aliphatic hydroxyl groups is 1. The zero-order valence-corrected chi connectivity index (χ0v) is 9.80. The minimum Gasteiger partial charge on any atom is -0.387 e. The fourth-order valence-electron chi connectivity index (χ4n) is 1.94. The maximum Gasteiger partial charge on any atom is 0.129 e. The van der Waals surface area contributed by atoms with E-state index >= 15 is 0 Å². The zero-order valence-electron chi connectivity index (χ0n) is 8.21. The highest BCUT2D eigenvalue weighted by Crippen LogP contribution is 2.27. The van der Waals surface area contributed by atoms with Gasteiger partial charge in [0.15, 0.2) is 0 Å². The van der Waals surface area contributed by atoms with Gasteiger partial charge in [0, 0.05) is 16.1 Å². The van der Waals surface area contributed by atoms with Crippen LogP contribution in [0.3, 0.4) is 0 Å². The SMILES string of the molecule is OC(c1cc(Br)ccc1F)C1CCCN1. The van der Waals surface area contributed by atoms with Crippen LogP contribution in [0.5, 0.6) is 0 Å². The van der Waals surface area contributed by atoms with Gasteiger partial charge in [-0.3, -0.25) is 0 Å². The molecule has 0 saturated carbocycles. The molecule has 1 aromatic rings. The fraction of sp³-hybridized carbons (Fsp3) is 0.455. The first kappa shape index (κ1) is 11.0. The number of hydrogen-bond acceptors (Lipinski definition) is 2. The molecule has 2 nitrogen and oxygen atoms in total. The van der Waals surface area contributed by atoms with Gasteiger partial charge in [0.25, 0.3) is 0 Å². The van der Waals surface area contributed by atoms with Crippen LogP contribution >= 0.6 is 15.9 Å². The Bertz CT molecular complexity index is 352. The molecule has 2 atom stereocenters. The van der Waals surface area contributed by atoms with Gasteiger partial charge >= 0.3 is 0 Å². The predicted octanol–water partition coefficient (Wildman–Crippen LogP) is 2.37. The van der Waals surface area contributed by atoms with Crippen molar-refractivity contribution in [3.8, 4) is 0 Å². The van der Waals surface area contributed by atoms with E-state index < -0.39 is 6.10 Å². The first-order chi connectivity index (χ1) is 7.18. The van der Waals surface area contributed by atoms with E-state index in [-0.39, 0.29) is 11.9 Å². The quantitative estimate of drug-likeness (QED) is 0.867. The van der Waals surface area contributed by atoms with Crippen LogP contribution in [-0.2, 0) is 0 Å². The molecule has 1 aliphatic rings. The van der Waals surface area contributed by atoms with Crippen LogP contribution in [0.15, 0.2) is 22.7 Å². The summed E-state index contributed by atoms with van der Waals surface area (Å²) in [4.78, 5) is 0. The van der Waals surface area contributed by atoms with Gasteiger partial charge in [0.2, 0.25) is 0 Å². The van der Waals surface area contributed by atoms with Crippen LogP contribution in [0.25, 0.3) is 0 Å². The van der Waals surface area contributed by atoms with Crippen molar-refractivity contribution >= 4 is 15.9 Å². The van der Waals surface area contributed by atoms with E-state index in [9.17, 15) is 9.50 Å². The van der Waals surface area contributed by atoms with Gasteiger partial charge in [-0.25, -0.2) is 4.39 Å². The summed E-state index contributed by atoms with van der Waals surface area (Å²) < 4.78 is 14.3. The molecule has 1 saturated heterocycles. The van der Waals surface area contributed by atoms with Crippen molar-refractivity contribution in [3.05, 3.63) is 34.1 Å². The van der Waals surface area contributed by atoms with E-state index in [0.29, 0.717) is 5.56 Å². The van der Waals surface area contributed by atoms with Crippen LogP contribution in [0.2, 0.25) is 0 Å². The van der Waals surface area contributed by atoms with E-state index in [2.05, 4.69) is 21.2 Å². The Labute approximate surface area is 96.6 Å². The molecule has 2 rings (SSSR count). The summed E-state index contributed by atoms with van der Waals surface area (Å²) in [5, 5.41) is 13.2. The van der Waals surface area contributed by atoms with Gasteiger partial charge in [0.1, 0.15) is 5.82 Å². The number of benzene rings is 1. The third kappa shape index (κ3) is 2.38. The second kappa shape index (κ2) is 4.60. The molecule has 2 unspecified atom stereocenters. The molecule has 2 N–H and O–H groups in total. The summed E-state index contributed by atoms with van der Waals surface area (Å²) in [5.41, 5.74) is 0.365. The van der Waals surface area contributed by atoms with Crippen LogP contribution in [-0.4, -0.2) is 17.7 Å². The lowest BCUT2D eigenvalue weighted by Crippen LogP contribution is -2.29. The summed E-state index contributed by atoms with van der Waals surface area (Å²) in [6.45, 7) is 0.900. The van der Waals surface area contributed by atoms with E-state index in [1.165, 1.54) is 6.07 Å². The molecule has 1 aliphatic heterocycles. The van der Waals surface area contributed by atoms with Crippen molar-refractivity contribution in [1.82, 2.24) is 5.32 Å². The molecule has 0 radical (unpaired) electrons. The molecule has 1 heterocycles. The standard InChI is InChI=1S/C11H13BrFNO/c12-7-3-4-9(13)8(6-7)11(15)10-2-1-5-14-10/h3-4,6,10-11,14-15H,1-2,5H2. The fourth-order valence-corrected chi connectivity index (χ4v) is 2.32. The summed E-state index contributed by atoms with van der Waals surface area (Å²) >= 11 is 3.27. The lowest BCUT2D eigenvalue weighted by Gasteiger charge is -2.19. The lowest BCUT2D eigenvalue weighted by atomic mass is 10.0. The number of aliphatic hydroxyl groups excluding tert-OH is 1. The van der Waals surface area contributed by atoms with Crippen LogP contribution in [0, 0.1) is 5.82 Å². The molecule has 1 aromatic carbocycles. The highest BCUT2D eigenvalue weighted by atomic mass is 79.9. The van der Waals surface area contributed by atoms with Crippen LogP contribution < -0.4 is 5.32 Å². The molecule has 82 valence electrons. The molecule has 4 heteroatoms. The van der Waals surface area contributed by atoms with Crippen LogP contribution in [0.1, 0.15) is 24.5 Å². The molecule has 0 aromatic heterocycles. The molecular weight excluding hydrogens is 261 g/mol. The number of halogens is 2. The predicted molar refractivity (Wildman–Crippen MR) is 60.1 cm³/mol. The molecule has 0 spiro atoms. The highest BCUT2D eigenvalue weighted by molar-refractivity contribution is 9.10. The van der Waals surface area contributed by atoms with Crippen molar-refractivity contribution in [2.24, 2.45) is 0 Å². The summed E-state index contributed by atoms with van der Waals surface area (Å²) in [5.74, 6) is -0.348. The maximum absolute atomic E-state index is 13.5.